The van der Waals surface area contributed by atoms with Crippen LogP contribution in [0.15, 0.2) is 66.7 Å². The molecule has 3 aromatic rings. The molecule has 3 aromatic carbocycles. The number of nitrogens with two attached hydrogens (primary N) is 1. The zero-order chi connectivity index (χ0) is 19.7. The largest absolute Gasteiger partial charge is 0.457 e. The van der Waals surface area contributed by atoms with Crippen molar-refractivity contribution in [2.75, 3.05) is 0 Å². The van der Waals surface area contributed by atoms with Gasteiger partial charge < -0.3 is 15.4 Å². The fourth-order valence-corrected chi connectivity index (χ4v) is 3.34. The maximum Gasteiger partial charge on any atom is 0.254 e. The van der Waals surface area contributed by atoms with E-state index < -0.39 is 5.91 Å². The van der Waals surface area contributed by atoms with Gasteiger partial charge >= 0.3 is 0 Å². The third kappa shape index (κ3) is 3.57. The molecule has 1 aliphatic rings. The second-order valence-electron chi connectivity index (χ2n) is 6.56. The Kier molecular flexibility index (Phi) is 4.75. The van der Waals surface area contributed by atoms with Gasteiger partial charge in [-0.1, -0.05) is 35.9 Å². The molecule has 1 aliphatic heterocycles. The number of carbonyl (C=O) groups excluding carboxylic acids is 2. The normalized spacial score (nSPS) is 12.8. The molecule has 28 heavy (non-hydrogen) atoms. The van der Waals surface area contributed by atoms with Gasteiger partial charge in [-0.05, 0) is 48.0 Å². The lowest BCUT2D eigenvalue weighted by Gasteiger charge is -2.19. The molecule has 2 amide bonds. The predicted octanol–water partition coefficient (Wildman–Crippen LogP) is 4.39. The number of hydrogen-bond acceptors (Lipinski definition) is 3. The van der Waals surface area contributed by atoms with Crippen molar-refractivity contribution >= 4 is 23.4 Å². The van der Waals surface area contributed by atoms with Crippen LogP contribution >= 0.6 is 11.6 Å². The van der Waals surface area contributed by atoms with Crippen LogP contribution in [0.4, 0.5) is 0 Å². The second kappa shape index (κ2) is 7.37. The van der Waals surface area contributed by atoms with Gasteiger partial charge in [-0.15, -0.1) is 0 Å². The highest BCUT2D eigenvalue weighted by Crippen LogP contribution is 2.31. The van der Waals surface area contributed by atoms with E-state index in [-0.39, 0.29) is 5.91 Å². The Morgan fingerprint density at radius 1 is 1.07 bits per heavy atom. The number of nitrogens with zero attached hydrogens (tertiary/aromatic N) is 1. The molecule has 5 nitrogen and oxygen atoms in total. The van der Waals surface area contributed by atoms with E-state index in [1.54, 1.807) is 47.4 Å². The number of fused-ring (bicyclic) bond motifs is 1. The first kappa shape index (κ1) is 18.1. The Labute approximate surface area is 167 Å². The van der Waals surface area contributed by atoms with Crippen molar-refractivity contribution in [3.8, 4) is 11.5 Å². The lowest BCUT2D eigenvalue weighted by molar-refractivity contribution is 0.0765. The van der Waals surface area contributed by atoms with Crippen molar-refractivity contribution < 1.29 is 14.3 Å². The number of amides is 2. The molecular weight excluding hydrogens is 376 g/mol. The molecule has 0 atom stereocenters. The summed E-state index contributed by atoms with van der Waals surface area (Å²) in [5.74, 6) is 0.481. The number of hydrogen-bond donors (Lipinski definition) is 1. The topological polar surface area (TPSA) is 72.6 Å². The minimum atomic E-state index is -0.544. The summed E-state index contributed by atoms with van der Waals surface area (Å²) in [5, 5.41) is 0.596. The number of rotatable bonds is 5. The summed E-state index contributed by atoms with van der Waals surface area (Å²) in [7, 11) is 0. The number of primary amides is 1. The smallest absolute Gasteiger partial charge is 0.254 e. The van der Waals surface area contributed by atoms with E-state index in [2.05, 4.69) is 0 Å². The molecule has 1 heterocycles. The van der Waals surface area contributed by atoms with Crippen LogP contribution in [0, 0.1) is 0 Å². The van der Waals surface area contributed by atoms with E-state index in [9.17, 15) is 9.59 Å². The van der Waals surface area contributed by atoms with Crippen molar-refractivity contribution in [2.24, 2.45) is 5.73 Å². The summed E-state index contributed by atoms with van der Waals surface area (Å²) >= 11 is 5.93. The van der Waals surface area contributed by atoms with Crippen molar-refractivity contribution in [1.29, 1.82) is 0 Å². The highest BCUT2D eigenvalue weighted by molar-refractivity contribution is 6.30. The van der Waals surface area contributed by atoms with Crippen LogP contribution in [0.2, 0.25) is 5.02 Å². The minimum absolute atomic E-state index is 0.0213. The zero-order valence-electron chi connectivity index (χ0n) is 14.9. The van der Waals surface area contributed by atoms with Crippen molar-refractivity contribution in [3.63, 3.8) is 0 Å². The van der Waals surface area contributed by atoms with Crippen LogP contribution < -0.4 is 10.5 Å². The van der Waals surface area contributed by atoms with E-state index in [1.165, 1.54) is 0 Å². The molecule has 6 heteroatoms. The Morgan fingerprint density at radius 2 is 1.82 bits per heavy atom. The summed E-state index contributed by atoms with van der Waals surface area (Å²) in [6.45, 7) is 0.891. The summed E-state index contributed by atoms with van der Waals surface area (Å²) < 4.78 is 5.97. The molecule has 0 saturated carbocycles. The second-order valence-corrected chi connectivity index (χ2v) is 7.00. The van der Waals surface area contributed by atoms with Gasteiger partial charge in [0.05, 0.1) is 6.54 Å². The van der Waals surface area contributed by atoms with E-state index in [1.807, 2.05) is 24.3 Å². The number of halogens is 1. The molecule has 0 bridgehead atoms. The van der Waals surface area contributed by atoms with E-state index in [0.29, 0.717) is 35.2 Å². The lowest BCUT2D eigenvalue weighted by Crippen LogP contribution is -2.23. The van der Waals surface area contributed by atoms with Gasteiger partial charge in [0.25, 0.3) is 5.91 Å². The highest BCUT2D eigenvalue weighted by Gasteiger charge is 2.27. The van der Waals surface area contributed by atoms with E-state index in [0.717, 1.165) is 16.7 Å². The highest BCUT2D eigenvalue weighted by atomic mass is 35.5. The van der Waals surface area contributed by atoms with Gasteiger partial charge in [0.15, 0.2) is 0 Å². The maximum atomic E-state index is 12.7. The fraction of sp³-hybridized carbons (Fsp3) is 0.0909. The molecule has 0 fully saturated rings. The average Bonchev–Trinajstić information content (AvgIpc) is 3.00. The first-order chi connectivity index (χ1) is 13.5. The van der Waals surface area contributed by atoms with Crippen LogP contribution in [0.25, 0.3) is 0 Å². The number of ether oxygens (including phenoxy) is 1. The summed E-state index contributed by atoms with van der Waals surface area (Å²) in [5.41, 5.74) is 8.25. The molecule has 0 aliphatic carbocycles. The van der Waals surface area contributed by atoms with Gasteiger partial charge in [-0.25, -0.2) is 0 Å². The lowest BCUT2D eigenvalue weighted by atomic mass is 10.1. The molecule has 0 saturated heterocycles. The zero-order valence-corrected chi connectivity index (χ0v) is 15.6. The van der Waals surface area contributed by atoms with Gasteiger partial charge in [0, 0.05) is 28.3 Å². The molecular formula is C22H17ClN2O3. The Balaban J connectivity index is 1.64. The number of benzene rings is 3. The van der Waals surface area contributed by atoms with E-state index in [4.69, 9.17) is 22.1 Å². The standard InChI is InChI=1S/C22H17ClN2O3/c23-17-7-9-18(10-8-17)28-20-11-14(21(24)26)5-6-16(20)13-25-12-15-3-1-2-4-19(15)22(25)27/h1-11H,12-13H2,(H2,24,26). The molecule has 4 rings (SSSR count). The maximum absolute atomic E-state index is 12.7. The third-order valence-electron chi connectivity index (χ3n) is 4.65. The Hall–Kier alpha value is -3.31. The van der Waals surface area contributed by atoms with Crippen molar-refractivity contribution in [3.05, 3.63) is 94.0 Å². The minimum Gasteiger partial charge on any atom is -0.457 e. The summed E-state index contributed by atoms with van der Waals surface area (Å²) in [6, 6.07) is 19.5. The average molecular weight is 393 g/mol. The van der Waals surface area contributed by atoms with Gasteiger partial charge in [0.1, 0.15) is 11.5 Å². The molecule has 0 spiro atoms. The SMILES string of the molecule is NC(=O)c1ccc(CN2Cc3ccccc3C2=O)c(Oc2ccc(Cl)cc2)c1. The molecule has 2 N–H and O–H groups in total. The Morgan fingerprint density at radius 3 is 2.54 bits per heavy atom. The van der Waals surface area contributed by atoms with Gasteiger partial charge in [-0.2, -0.15) is 0 Å². The van der Waals surface area contributed by atoms with Gasteiger partial charge in [0.2, 0.25) is 5.91 Å². The van der Waals surface area contributed by atoms with E-state index >= 15 is 0 Å². The quantitative estimate of drug-likeness (QED) is 0.700. The van der Waals surface area contributed by atoms with Crippen LogP contribution in [0.3, 0.4) is 0 Å². The molecule has 0 aromatic heterocycles. The van der Waals surface area contributed by atoms with Crippen molar-refractivity contribution in [2.45, 2.75) is 13.1 Å². The fourth-order valence-electron chi connectivity index (χ4n) is 3.21. The summed E-state index contributed by atoms with van der Waals surface area (Å²) in [6.07, 6.45) is 0. The first-order valence-electron chi connectivity index (χ1n) is 8.74. The molecule has 0 unspecified atom stereocenters. The Bertz CT molecular complexity index is 1060. The molecule has 0 radical (unpaired) electrons. The van der Waals surface area contributed by atoms with Crippen LogP contribution in [0.1, 0.15) is 31.8 Å². The van der Waals surface area contributed by atoms with Crippen LogP contribution in [-0.4, -0.2) is 16.7 Å². The summed E-state index contributed by atoms with van der Waals surface area (Å²) in [4.78, 5) is 26.0. The molecule has 140 valence electrons. The third-order valence-corrected chi connectivity index (χ3v) is 4.90. The van der Waals surface area contributed by atoms with Crippen LogP contribution in [-0.2, 0) is 13.1 Å². The number of carbonyl (C=O) groups is 2. The van der Waals surface area contributed by atoms with Crippen molar-refractivity contribution in [1.82, 2.24) is 4.90 Å². The van der Waals surface area contributed by atoms with Crippen LogP contribution in [0.5, 0.6) is 11.5 Å². The monoisotopic (exact) mass is 392 g/mol. The first-order valence-corrected chi connectivity index (χ1v) is 9.12. The van der Waals surface area contributed by atoms with Gasteiger partial charge in [-0.3, -0.25) is 9.59 Å². The predicted molar refractivity (Wildman–Crippen MR) is 107 cm³/mol.